The van der Waals surface area contributed by atoms with Crippen molar-refractivity contribution in [1.82, 2.24) is 9.97 Å². The van der Waals surface area contributed by atoms with Crippen LogP contribution in [-0.4, -0.2) is 22.8 Å². The van der Waals surface area contributed by atoms with Crippen molar-refractivity contribution in [3.05, 3.63) is 80.2 Å². The normalized spacial score (nSPS) is 10.9. The van der Waals surface area contributed by atoms with E-state index in [0.29, 0.717) is 30.4 Å². The molecule has 2 N–H and O–H groups in total. The number of hydrogen-bond donors (Lipinski definition) is 2. The van der Waals surface area contributed by atoms with Gasteiger partial charge in [-0.05, 0) is 55.3 Å². The molecule has 0 radical (unpaired) electrons. The molecule has 3 rings (SSSR count). The Balaban J connectivity index is 1.69. The maximum absolute atomic E-state index is 11.5. The molecule has 1 heterocycles. The molecule has 1 aromatic heterocycles. The molecule has 0 saturated carbocycles. The summed E-state index contributed by atoms with van der Waals surface area (Å²) in [5.74, 6) is 1.57. The predicted octanol–water partition coefficient (Wildman–Crippen LogP) is 4.26. The smallest absolute Gasteiger partial charge is 0.252 e. The topological polar surface area (TPSA) is 88.6 Å². The summed E-state index contributed by atoms with van der Waals surface area (Å²) < 4.78 is 12.7. The van der Waals surface area contributed by atoms with E-state index < -0.39 is 0 Å². The monoisotopic (exact) mass is 456 g/mol. The van der Waals surface area contributed by atoms with Gasteiger partial charge in [0.05, 0.1) is 12.8 Å². The van der Waals surface area contributed by atoms with Crippen LogP contribution in [-0.2, 0) is 6.61 Å². The van der Waals surface area contributed by atoms with Crippen LogP contribution in [0.15, 0.2) is 62.9 Å². The van der Waals surface area contributed by atoms with E-state index in [1.807, 2.05) is 49.4 Å². The highest BCUT2D eigenvalue weighted by Crippen LogP contribution is 2.29. The molecular formula is C21H21BrN4O3. The highest BCUT2D eigenvalue weighted by molar-refractivity contribution is 9.10. The summed E-state index contributed by atoms with van der Waals surface area (Å²) >= 11 is 3.42. The molecule has 0 bridgehead atoms. The van der Waals surface area contributed by atoms with Crippen LogP contribution in [0.5, 0.6) is 11.5 Å². The Bertz CT molecular complexity index is 1050. The summed E-state index contributed by atoms with van der Waals surface area (Å²) in [5, 5.41) is 4.12. The number of halogens is 1. The Morgan fingerprint density at radius 3 is 2.66 bits per heavy atom. The standard InChI is InChI=1S/C21H21BrN4O3/c1-3-28-19-11-16(12-23-26-21-24-14(2)10-20(27)25-21)6-9-18(19)29-13-15-4-7-17(22)8-5-15/h4-12H,3,13H2,1-2H3,(H2,24,25,26,27)/b23-12-. The molecule has 0 atom stereocenters. The second-order valence-electron chi connectivity index (χ2n) is 6.16. The predicted molar refractivity (Wildman–Crippen MR) is 117 cm³/mol. The minimum Gasteiger partial charge on any atom is -0.490 e. The zero-order valence-corrected chi connectivity index (χ0v) is 17.7. The van der Waals surface area contributed by atoms with Crippen molar-refractivity contribution in [3.63, 3.8) is 0 Å². The summed E-state index contributed by atoms with van der Waals surface area (Å²) in [6.45, 7) is 4.61. The van der Waals surface area contributed by atoms with Crippen molar-refractivity contribution >= 4 is 28.1 Å². The molecule has 29 heavy (non-hydrogen) atoms. The number of nitrogens with zero attached hydrogens (tertiary/aromatic N) is 2. The highest BCUT2D eigenvalue weighted by atomic mass is 79.9. The van der Waals surface area contributed by atoms with Crippen molar-refractivity contribution in [3.8, 4) is 11.5 Å². The number of H-pyrrole nitrogens is 1. The summed E-state index contributed by atoms with van der Waals surface area (Å²) in [7, 11) is 0. The van der Waals surface area contributed by atoms with Crippen LogP contribution >= 0.6 is 15.9 Å². The van der Waals surface area contributed by atoms with E-state index in [2.05, 4.69) is 36.4 Å². The average Bonchev–Trinajstić information content (AvgIpc) is 2.68. The molecule has 0 amide bonds. The maximum Gasteiger partial charge on any atom is 0.252 e. The van der Waals surface area contributed by atoms with E-state index in [1.165, 1.54) is 6.07 Å². The van der Waals surface area contributed by atoms with E-state index in [1.54, 1.807) is 13.1 Å². The molecule has 150 valence electrons. The van der Waals surface area contributed by atoms with Crippen LogP contribution in [0.4, 0.5) is 5.95 Å². The number of benzene rings is 2. The Morgan fingerprint density at radius 1 is 1.14 bits per heavy atom. The molecule has 0 fully saturated rings. The van der Waals surface area contributed by atoms with Gasteiger partial charge in [-0.1, -0.05) is 28.1 Å². The van der Waals surface area contributed by atoms with Gasteiger partial charge in [0, 0.05) is 16.2 Å². The molecular weight excluding hydrogens is 436 g/mol. The number of nitrogens with one attached hydrogen (secondary N) is 2. The third-order valence-electron chi connectivity index (χ3n) is 3.83. The lowest BCUT2D eigenvalue weighted by molar-refractivity contribution is 0.269. The number of aromatic amines is 1. The molecule has 8 heteroatoms. The van der Waals surface area contributed by atoms with Crippen molar-refractivity contribution < 1.29 is 9.47 Å². The molecule has 0 unspecified atom stereocenters. The zero-order valence-electron chi connectivity index (χ0n) is 16.1. The van der Waals surface area contributed by atoms with E-state index in [4.69, 9.17) is 9.47 Å². The molecule has 0 aliphatic rings. The highest BCUT2D eigenvalue weighted by Gasteiger charge is 2.07. The van der Waals surface area contributed by atoms with E-state index in [9.17, 15) is 4.79 Å². The minimum absolute atomic E-state index is 0.235. The lowest BCUT2D eigenvalue weighted by Crippen LogP contribution is -2.10. The van der Waals surface area contributed by atoms with Gasteiger partial charge in [-0.3, -0.25) is 9.78 Å². The van der Waals surface area contributed by atoms with E-state index in [-0.39, 0.29) is 11.5 Å². The van der Waals surface area contributed by atoms with Crippen LogP contribution in [0.25, 0.3) is 0 Å². The third kappa shape index (κ3) is 6.18. The van der Waals surface area contributed by atoms with E-state index >= 15 is 0 Å². The number of aryl methyl sites for hydroxylation is 1. The van der Waals surface area contributed by atoms with Gasteiger partial charge in [0.2, 0.25) is 5.95 Å². The number of ether oxygens (including phenoxy) is 2. The number of hydrazone groups is 1. The fraction of sp³-hybridized carbons (Fsp3) is 0.190. The van der Waals surface area contributed by atoms with Crippen molar-refractivity contribution in [2.75, 3.05) is 12.0 Å². The Labute approximate surface area is 176 Å². The first-order valence-electron chi connectivity index (χ1n) is 9.04. The molecule has 2 aromatic carbocycles. The van der Waals surface area contributed by atoms with Gasteiger partial charge in [0.15, 0.2) is 11.5 Å². The minimum atomic E-state index is -0.235. The quantitative estimate of drug-likeness (QED) is 0.390. The Morgan fingerprint density at radius 2 is 1.93 bits per heavy atom. The van der Waals surface area contributed by atoms with Gasteiger partial charge >= 0.3 is 0 Å². The third-order valence-corrected chi connectivity index (χ3v) is 4.36. The fourth-order valence-electron chi connectivity index (χ4n) is 2.53. The lowest BCUT2D eigenvalue weighted by atomic mass is 10.2. The molecule has 7 nitrogen and oxygen atoms in total. The first-order chi connectivity index (χ1) is 14.0. The Hall–Kier alpha value is -3.13. The first kappa shape index (κ1) is 20.6. The second kappa shape index (κ2) is 9.88. The van der Waals surface area contributed by atoms with Crippen LogP contribution < -0.4 is 20.5 Å². The van der Waals surface area contributed by atoms with Crippen LogP contribution in [0.2, 0.25) is 0 Å². The summed E-state index contributed by atoms with van der Waals surface area (Å²) in [6, 6.07) is 14.9. The van der Waals surface area contributed by atoms with Crippen molar-refractivity contribution in [2.45, 2.75) is 20.5 Å². The molecule has 0 saturated heterocycles. The van der Waals surface area contributed by atoms with Gasteiger partial charge in [-0.25, -0.2) is 10.4 Å². The molecule has 0 aliphatic carbocycles. The van der Waals surface area contributed by atoms with Crippen molar-refractivity contribution in [2.24, 2.45) is 5.10 Å². The molecule has 3 aromatic rings. The maximum atomic E-state index is 11.5. The van der Waals surface area contributed by atoms with Gasteiger partial charge in [-0.2, -0.15) is 5.10 Å². The molecule has 0 aliphatic heterocycles. The summed E-state index contributed by atoms with van der Waals surface area (Å²) in [6.07, 6.45) is 1.61. The summed E-state index contributed by atoms with van der Waals surface area (Å²) in [5.41, 5.74) is 4.96. The number of hydrogen-bond acceptors (Lipinski definition) is 6. The summed E-state index contributed by atoms with van der Waals surface area (Å²) in [4.78, 5) is 18.2. The largest absolute Gasteiger partial charge is 0.490 e. The van der Waals surface area contributed by atoms with Crippen LogP contribution in [0.3, 0.4) is 0 Å². The zero-order chi connectivity index (χ0) is 20.6. The average molecular weight is 457 g/mol. The fourth-order valence-corrected chi connectivity index (χ4v) is 2.80. The van der Waals surface area contributed by atoms with Crippen molar-refractivity contribution in [1.29, 1.82) is 0 Å². The van der Waals surface area contributed by atoms with Gasteiger partial charge in [-0.15, -0.1) is 0 Å². The SMILES string of the molecule is CCOc1cc(/C=N\Nc2nc(C)cc(=O)[nH]2)ccc1OCc1ccc(Br)cc1. The number of anilines is 1. The number of aromatic nitrogens is 2. The first-order valence-corrected chi connectivity index (χ1v) is 9.84. The second-order valence-corrected chi connectivity index (χ2v) is 7.08. The van der Waals surface area contributed by atoms with Crippen LogP contribution in [0.1, 0.15) is 23.7 Å². The van der Waals surface area contributed by atoms with Gasteiger partial charge in [0.1, 0.15) is 6.61 Å². The van der Waals surface area contributed by atoms with Crippen LogP contribution in [0, 0.1) is 6.92 Å². The van der Waals surface area contributed by atoms with Gasteiger partial charge < -0.3 is 9.47 Å². The van der Waals surface area contributed by atoms with E-state index in [0.717, 1.165) is 15.6 Å². The molecule has 0 spiro atoms. The Kier molecular flexibility index (Phi) is 7.02. The lowest BCUT2D eigenvalue weighted by Gasteiger charge is -2.12. The number of rotatable bonds is 8. The van der Waals surface area contributed by atoms with Gasteiger partial charge in [0.25, 0.3) is 5.56 Å².